The number of imidazole rings is 1. The van der Waals surface area contributed by atoms with E-state index in [1.807, 2.05) is 10.7 Å². The summed E-state index contributed by atoms with van der Waals surface area (Å²) in [5.41, 5.74) is 6.48. The van der Waals surface area contributed by atoms with E-state index in [1.54, 1.807) is 11.3 Å². The Morgan fingerprint density at radius 3 is 2.68 bits per heavy atom. The number of nitrogens with one attached hydrogen (secondary N) is 2. The Labute approximate surface area is 184 Å². The van der Waals surface area contributed by atoms with Crippen LogP contribution in [0.2, 0.25) is 0 Å². The van der Waals surface area contributed by atoms with Crippen molar-refractivity contribution in [2.75, 3.05) is 10.6 Å². The molecular formula is C25H23N5S. The minimum Gasteiger partial charge on any atom is -0.379 e. The summed E-state index contributed by atoms with van der Waals surface area (Å²) >= 11 is 1.77. The van der Waals surface area contributed by atoms with Gasteiger partial charge >= 0.3 is 0 Å². The van der Waals surface area contributed by atoms with Crippen molar-refractivity contribution in [3.05, 3.63) is 71.9 Å². The molecular weight excluding hydrogens is 402 g/mol. The van der Waals surface area contributed by atoms with E-state index in [1.165, 1.54) is 38.9 Å². The first-order valence-electron chi connectivity index (χ1n) is 10.6. The highest BCUT2D eigenvalue weighted by Crippen LogP contribution is 2.36. The fourth-order valence-electron chi connectivity index (χ4n) is 3.83. The van der Waals surface area contributed by atoms with Crippen molar-refractivity contribution in [3.8, 4) is 10.6 Å². The van der Waals surface area contributed by atoms with Crippen LogP contribution in [0.4, 0.5) is 17.2 Å². The third kappa shape index (κ3) is 3.43. The second kappa shape index (κ2) is 7.10. The van der Waals surface area contributed by atoms with E-state index < -0.39 is 0 Å². The summed E-state index contributed by atoms with van der Waals surface area (Å²) in [4.78, 5) is 5.91. The molecule has 5 nitrogen and oxygen atoms in total. The lowest BCUT2D eigenvalue weighted by Gasteiger charge is -2.12. The minimum atomic E-state index is 0.533. The van der Waals surface area contributed by atoms with E-state index in [9.17, 15) is 0 Å². The molecule has 1 aliphatic carbocycles. The molecule has 3 heterocycles. The lowest BCUT2D eigenvalue weighted by Crippen LogP contribution is -2.07. The number of aromatic nitrogens is 3. The third-order valence-electron chi connectivity index (χ3n) is 5.86. The van der Waals surface area contributed by atoms with Crippen molar-refractivity contribution in [2.45, 2.75) is 32.7 Å². The van der Waals surface area contributed by atoms with Gasteiger partial charge in [0.15, 0.2) is 11.5 Å². The molecule has 0 spiro atoms. The first kappa shape index (κ1) is 18.4. The zero-order valence-corrected chi connectivity index (χ0v) is 18.3. The van der Waals surface area contributed by atoms with Gasteiger partial charge in [0.25, 0.3) is 0 Å². The summed E-state index contributed by atoms with van der Waals surface area (Å²) in [6, 6.07) is 19.7. The molecule has 1 saturated carbocycles. The molecule has 0 atom stereocenters. The van der Waals surface area contributed by atoms with Crippen molar-refractivity contribution in [3.63, 3.8) is 0 Å². The van der Waals surface area contributed by atoms with Crippen LogP contribution in [0.5, 0.6) is 0 Å². The van der Waals surface area contributed by atoms with Crippen LogP contribution in [0.3, 0.4) is 0 Å². The summed E-state index contributed by atoms with van der Waals surface area (Å²) in [7, 11) is 0. The van der Waals surface area contributed by atoms with E-state index in [0.29, 0.717) is 6.04 Å². The predicted octanol–water partition coefficient (Wildman–Crippen LogP) is 6.55. The average molecular weight is 426 g/mol. The van der Waals surface area contributed by atoms with Crippen molar-refractivity contribution in [1.82, 2.24) is 14.6 Å². The van der Waals surface area contributed by atoms with Gasteiger partial charge in [0, 0.05) is 22.5 Å². The highest BCUT2D eigenvalue weighted by atomic mass is 32.1. The summed E-state index contributed by atoms with van der Waals surface area (Å²) in [6.07, 6.45) is 4.35. The molecule has 154 valence electrons. The number of fused-ring (bicyclic) bond motifs is 2. The van der Waals surface area contributed by atoms with Crippen LogP contribution in [-0.4, -0.2) is 20.6 Å². The zero-order chi connectivity index (χ0) is 20.9. The van der Waals surface area contributed by atoms with E-state index in [-0.39, 0.29) is 0 Å². The number of benzene rings is 2. The SMILES string of the molecule is Cc1ccc(Nc2cc(NC3CC3)c3ncc(-c4cc5ccccc5s4)n3n2)cc1C. The number of nitrogens with zero attached hydrogens (tertiary/aromatic N) is 3. The quantitative estimate of drug-likeness (QED) is 0.335. The molecule has 31 heavy (non-hydrogen) atoms. The minimum absolute atomic E-state index is 0.533. The Kier molecular flexibility index (Phi) is 4.21. The highest BCUT2D eigenvalue weighted by Gasteiger charge is 2.23. The maximum absolute atomic E-state index is 4.93. The fraction of sp³-hybridized carbons (Fsp3) is 0.200. The molecule has 3 aromatic heterocycles. The topological polar surface area (TPSA) is 54.2 Å². The molecule has 0 unspecified atom stereocenters. The van der Waals surface area contributed by atoms with Crippen molar-refractivity contribution in [2.24, 2.45) is 0 Å². The number of thiophene rings is 1. The second-order valence-electron chi connectivity index (χ2n) is 8.31. The van der Waals surface area contributed by atoms with Crippen molar-refractivity contribution < 1.29 is 0 Å². The van der Waals surface area contributed by atoms with Gasteiger partial charge in [0.1, 0.15) is 5.69 Å². The van der Waals surface area contributed by atoms with Gasteiger partial charge in [-0.15, -0.1) is 16.4 Å². The van der Waals surface area contributed by atoms with E-state index in [2.05, 4.69) is 79.1 Å². The first-order chi connectivity index (χ1) is 15.1. The summed E-state index contributed by atoms with van der Waals surface area (Å²) < 4.78 is 3.24. The zero-order valence-electron chi connectivity index (χ0n) is 17.5. The van der Waals surface area contributed by atoms with Crippen LogP contribution in [0.15, 0.2) is 60.8 Å². The fourth-order valence-corrected chi connectivity index (χ4v) is 4.88. The van der Waals surface area contributed by atoms with Crippen LogP contribution in [0.25, 0.3) is 26.3 Å². The van der Waals surface area contributed by atoms with Crippen molar-refractivity contribution in [1.29, 1.82) is 0 Å². The molecule has 5 aromatic rings. The molecule has 0 amide bonds. The second-order valence-corrected chi connectivity index (χ2v) is 9.40. The van der Waals surface area contributed by atoms with Crippen LogP contribution in [0.1, 0.15) is 24.0 Å². The predicted molar refractivity (Wildman–Crippen MR) is 130 cm³/mol. The number of hydrogen-bond acceptors (Lipinski definition) is 5. The van der Waals surface area contributed by atoms with Crippen LogP contribution in [0, 0.1) is 13.8 Å². The molecule has 0 aliphatic heterocycles. The van der Waals surface area contributed by atoms with Gasteiger partial charge in [-0.25, -0.2) is 9.50 Å². The van der Waals surface area contributed by atoms with Crippen LogP contribution >= 0.6 is 11.3 Å². The third-order valence-corrected chi connectivity index (χ3v) is 7.00. The summed E-state index contributed by atoms with van der Waals surface area (Å²) in [5, 5.41) is 13.3. The largest absolute Gasteiger partial charge is 0.379 e. The van der Waals surface area contributed by atoms with Crippen LogP contribution in [-0.2, 0) is 0 Å². The molecule has 6 rings (SSSR count). The first-order valence-corrected chi connectivity index (χ1v) is 11.4. The van der Waals surface area contributed by atoms with Gasteiger partial charge in [-0.3, -0.25) is 0 Å². The van der Waals surface area contributed by atoms with E-state index in [0.717, 1.165) is 28.5 Å². The average Bonchev–Trinajstić information content (AvgIpc) is 3.31. The van der Waals surface area contributed by atoms with Crippen LogP contribution < -0.4 is 10.6 Å². The van der Waals surface area contributed by atoms with Gasteiger partial charge in [-0.1, -0.05) is 24.3 Å². The van der Waals surface area contributed by atoms with Crippen molar-refractivity contribution >= 4 is 44.3 Å². The monoisotopic (exact) mass is 425 g/mol. The normalized spacial score (nSPS) is 13.7. The van der Waals surface area contributed by atoms with E-state index >= 15 is 0 Å². The number of rotatable bonds is 5. The molecule has 2 N–H and O–H groups in total. The molecule has 0 bridgehead atoms. The Balaban J connectivity index is 1.47. The highest BCUT2D eigenvalue weighted by molar-refractivity contribution is 7.22. The standard InChI is InChI=1S/C25H23N5S/c1-15-7-8-19(11-16(15)2)28-24-13-20(27-18-9-10-18)25-26-14-21(30(25)29-24)23-12-17-5-3-4-6-22(17)31-23/h3-8,11-14,18,27H,9-10H2,1-2H3,(H,28,29). The molecule has 1 aliphatic rings. The van der Waals surface area contributed by atoms with Gasteiger partial charge < -0.3 is 10.6 Å². The maximum atomic E-state index is 4.93. The summed E-state index contributed by atoms with van der Waals surface area (Å²) in [6.45, 7) is 4.26. The van der Waals surface area contributed by atoms with Gasteiger partial charge in [-0.05, 0) is 67.5 Å². The lowest BCUT2D eigenvalue weighted by molar-refractivity contribution is 0.947. The maximum Gasteiger partial charge on any atom is 0.177 e. The summed E-state index contributed by atoms with van der Waals surface area (Å²) in [5.74, 6) is 0.805. The Morgan fingerprint density at radius 2 is 1.87 bits per heavy atom. The smallest absolute Gasteiger partial charge is 0.177 e. The number of aryl methyl sites for hydroxylation is 2. The number of anilines is 3. The Morgan fingerprint density at radius 1 is 1.00 bits per heavy atom. The van der Waals surface area contributed by atoms with E-state index in [4.69, 9.17) is 10.1 Å². The Bertz CT molecular complexity index is 1390. The molecule has 0 saturated heterocycles. The molecule has 6 heteroatoms. The number of hydrogen-bond donors (Lipinski definition) is 2. The van der Waals surface area contributed by atoms with Gasteiger partial charge in [-0.2, -0.15) is 0 Å². The van der Waals surface area contributed by atoms with Gasteiger partial charge in [0.2, 0.25) is 0 Å². The molecule has 1 fully saturated rings. The van der Waals surface area contributed by atoms with Gasteiger partial charge in [0.05, 0.1) is 16.8 Å². The molecule has 2 aromatic carbocycles. The molecule has 0 radical (unpaired) electrons. The Hall–Kier alpha value is -3.38. The lowest BCUT2D eigenvalue weighted by atomic mass is 10.1.